The van der Waals surface area contributed by atoms with E-state index in [0.717, 1.165) is 57.8 Å². The molecule has 258 valence electrons. The summed E-state index contributed by atoms with van der Waals surface area (Å²) in [5.74, 6) is 0.282. The summed E-state index contributed by atoms with van der Waals surface area (Å²) in [7, 11) is 1.76. The monoisotopic (exact) mass is 653 g/mol. The maximum absolute atomic E-state index is 14.2. The van der Waals surface area contributed by atoms with E-state index in [9.17, 15) is 18.8 Å². The molecule has 9 nitrogen and oxygen atoms in total. The van der Waals surface area contributed by atoms with Crippen LogP contribution in [0.1, 0.15) is 100 Å². The van der Waals surface area contributed by atoms with Crippen molar-refractivity contribution in [2.24, 2.45) is 35.3 Å². The third-order valence-corrected chi connectivity index (χ3v) is 11.7. The molecule has 4 aliphatic rings. The van der Waals surface area contributed by atoms with E-state index in [0.29, 0.717) is 54.5 Å². The Balaban J connectivity index is 1.15. The molecule has 1 aliphatic heterocycles. The first-order valence-electron chi connectivity index (χ1n) is 18.0. The van der Waals surface area contributed by atoms with Gasteiger partial charge in [-0.15, -0.1) is 0 Å². The van der Waals surface area contributed by atoms with Crippen molar-refractivity contribution < 1.29 is 32.7 Å². The first kappa shape index (κ1) is 33.9. The quantitative estimate of drug-likeness (QED) is 0.276. The van der Waals surface area contributed by atoms with Crippen molar-refractivity contribution in [1.82, 2.24) is 4.90 Å². The average Bonchev–Trinajstić information content (AvgIpc) is 3.76. The molecule has 0 unspecified atom stereocenters. The zero-order valence-electron chi connectivity index (χ0n) is 27.8. The fraction of sp³-hybridized carbons (Fsp3) is 0.703. The van der Waals surface area contributed by atoms with Gasteiger partial charge in [0.05, 0.1) is 12.7 Å². The molecule has 2 amide bonds. The average molecular weight is 654 g/mol. The lowest BCUT2D eigenvalue weighted by atomic mass is 9.75. The van der Waals surface area contributed by atoms with Gasteiger partial charge in [-0.2, -0.15) is 0 Å². The van der Waals surface area contributed by atoms with Gasteiger partial charge in [0, 0.05) is 36.7 Å². The fourth-order valence-corrected chi connectivity index (χ4v) is 8.86. The molecule has 3 saturated carbocycles. The number of anilines is 1. The highest BCUT2D eigenvalue weighted by Crippen LogP contribution is 2.42. The van der Waals surface area contributed by atoms with E-state index >= 15 is 0 Å². The number of fused-ring (bicyclic) bond motifs is 1. The standard InChI is InChI=1S/C37H52FN3O6/c1-45-29-14-11-24(12-15-29)30-17-18-41(36(43)26-9-7-25(8-10-26)31(39)21-38)34(30)35(42)40-28-13-16-32-27(19-28)20-33(47-32)37(44)46-22-23-5-3-2-4-6-23/h13,16,19-20,23-26,29-31,34H,2-12,14-15,17-18,21-22,39H2,1H3,(H,40,42)/t24?,25?,26?,29?,30-,31+,34-/m0/s1. The van der Waals surface area contributed by atoms with Crippen LogP contribution in [-0.4, -0.2) is 67.8 Å². The van der Waals surface area contributed by atoms with Crippen LogP contribution in [0, 0.1) is 29.6 Å². The lowest BCUT2D eigenvalue weighted by Gasteiger charge is -2.37. The van der Waals surface area contributed by atoms with E-state index in [1.165, 1.54) is 19.3 Å². The molecule has 1 aromatic carbocycles. The summed E-state index contributed by atoms with van der Waals surface area (Å²) in [6.07, 6.45) is 13.5. The van der Waals surface area contributed by atoms with Crippen LogP contribution in [0.4, 0.5) is 10.1 Å². The van der Waals surface area contributed by atoms with Gasteiger partial charge in [-0.1, -0.05) is 19.3 Å². The Hall–Kier alpha value is -2.98. The number of esters is 1. The van der Waals surface area contributed by atoms with Crippen LogP contribution >= 0.6 is 0 Å². The second-order valence-electron chi connectivity index (χ2n) is 14.6. The smallest absolute Gasteiger partial charge is 0.374 e. The number of ether oxygens (including phenoxy) is 2. The Labute approximate surface area is 277 Å². The number of halogens is 1. The van der Waals surface area contributed by atoms with Crippen molar-refractivity contribution >= 4 is 34.4 Å². The molecule has 0 spiro atoms. The molecule has 3 aliphatic carbocycles. The summed E-state index contributed by atoms with van der Waals surface area (Å²) in [6.45, 7) is 0.429. The van der Waals surface area contributed by atoms with Crippen molar-refractivity contribution in [3.8, 4) is 0 Å². The van der Waals surface area contributed by atoms with Crippen molar-refractivity contribution in [2.75, 3.05) is 32.3 Å². The van der Waals surface area contributed by atoms with Gasteiger partial charge >= 0.3 is 5.97 Å². The topological polar surface area (TPSA) is 124 Å². The predicted octanol–water partition coefficient (Wildman–Crippen LogP) is 6.63. The van der Waals surface area contributed by atoms with Crippen LogP contribution in [0.2, 0.25) is 0 Å². The van der Waals surface area contributed by atoms with Crippen LogP contribution in [0.25, 0.3) is 11.0 Å². The predicted molar refractivity (Wildman–Crippen MR) is 177 cm³/mol. The summed E-state index contributed by atoms with van der Waals surface area (Å²) in [6, 6.07) is 5.97. The van der Waals surface area contributed by atoms with Crippen molar-refractivity contribution in [3.05, 3.63) is 30.0 Å². The number of carbonyl (C=O) groups is 3. The highest BCUT2D eigenvalue weighted by molar-refractivity contribution is 6.00. The summed E-state index contributed by atoms with van der Waals surface area (Å²) >= 11 is 0. The molecule has 2 heterocycles. The van der Waals surface area contributed by atoms with Crippen LogP contribution in [-0.2, 0) is 19.1 Å². The first-order valence-corrected chi connectivity index (χ1v) is 18.0. The summed E-state index contributed by atoms with van der Waals surface area (Å²) in [5.41, 5.74) is 7.11. The number of likely N-dealkylation sites (tertiary alicyclic amines) is 1. The minimum absolute atomic E-state index is 0.0344. The van der Waals surface area contributed by atoms with Gasteiger partial charge in [-0.3, -0.25) is 9.59 Å². The van der Waals surface area contributed by atoms with E-state index in [1.54, 1.807) is 25.3 Å². The molecular weight excluding hydrogens is 601 g/mol. The van der Waals surface area contributed by atoms with E-state index in [4.69, 9.17) is 19.6 Å². The minimum Gasteiger partial charge on any atom is -0.460 e. The molecule has 2 aromatic rings. The van der Waals surface area contributed by atoms with Gasteiger partial charge < -0.3 is 29.8 Å². The molecule has 3 atom stereocenters. The molecule has 1 aromatic heterocycles. The third-order valence-electron chi connectivity index (χ3n) is 11.7. The first-order chi connectivity index (χ1) is 22.8. The molecular formula is C37H52FN3O6. The van der Waals surface area contributed by atoms with E-state index in [1.807, 2.05) is 11.0 Å². The number of nitrogens with two attached hydrogens (primary N) is 1. The Morgan fingerprint density at radius 2 is 1.72 bits per heavy atom. The zero-order valence-corrected chi connectivity index (χ0v) is 27.8. The number of carbonyl (C=O) groups excluding carboxylic acids is 3. The highest BCUT2D eigenvalue weighted by atomic mass is 19.1. The van der Waals surface area contributed by atoms with Crippen LogP contribution in [0.15, 0.2) is 28.7 Å². The molecule has 0 bridgehead atoms. The van der Waals surface area contributed by atoms with Crippen molar-refractivity contribution in [2.45, 2.75) is 108 Å². The van der Waals surface area contributed by atoms with Crippen LogP contribution in [0.5, 0.6) is 0 Å². The maximum atomic E-state index is 14.2. The number of alkyl halides is 1. The van der Waals surface area contributed by atoms with Gasteiger partial charge in [0.25, 0.3) is 0 Å². The van der Waals surface area contributed by atoms with Gasteiger partial charge in [-0.25, -0.2) is 9.18 Å². The van der Waals surface area contributed by atoms with Gasteiger partial charge in [0.15, 0.2) is 0 Å². The SMILES string of the molecule is COC1CCC([C@@H]2CCN(C(=O)C3CCC([C@H](N)CF)CC3)[C@@H]2C(=O)Nc2ccc3oc(C(=O)OCC4CCCCC4)cc3c2)CC1. The number of hydrogen-bond acceptors (Lipinski definition) is 7. The summed E-state index contributed by atoms with van der Waals surface area (Å²) < 4.78 is 30.2. The number of hydrogen-bond donors (Lipinski definition) is 2. The number of methoxy groups -OCH3 is 1. The van der Waals surface area contributed by atoms with Crippen LogP contribution < -0.4 is 11.1 Å². The Morgan fingerprint density at radius 1 is 0.979 bits per heavy atom. The van der Waals surface area contributed by atoms with Crippen molar-refractivity contribution in [3.63, 3.8) is 0 Å². The van der Waals surface area contributed by atoms with Gasteiger partial charge in [-0.05, 0) is 119 Å². The summed E-state index contributed by atoms with van der Waals surface area (Å²) in [4.78, 5) is 42.8. The van der Waals surface area contributed by atoms with E-state index in [2.05, 4.69) is 5.32 Å². The van der Waals surface area contributed by atoms with E-state index < -0.39 is 24.7 Å². The van der Waals surface area contributed by atoms with Gasteiger partial charge in [0.2, 0.25) is 17.6 Å². The number of amides is 2. The Kier molecular flexibility index (Phi) is 11.2. The Morgan fingerprint density at radius 3 is 2.43 bits per heavy atom. The minimum atomic E-state index is -0.567. The number of furan rings is 1. The second kappa shape index (κ2) is 15.5. The molecule has 10 heteroatoms. The molecule has 1 saturated heterocycles. The van der Waals surface area contributed by atoms with E-state index in [-0.39, 0.29) is 41.4 Å². The molecule has 4 fully saturated rings. The highest BCUT2D eigenvalue weighted by Gasteiger charge is 2.47. The lowest BCUT2D eigenvalue weighted by molar-refractivity contribution is -0.142. The summed E-state index contributed by atoms with van der Waals surface area (Å²) in [5, 5.41) is 3.81. The number of nitrogens with one attached hydrogen (secondary N) is 1. The normalized spacial score (nSPS) is 29.5. The number of rotatable bonds is 10. The van der Waals surface area contributed by atoms with Gasteiger partial charge in [0.1, 0.15) is 18.3 Å². The molecule has 3 N–H and O–H groups in total. The maximum Gasteiger partial charge on any atom is 0.374 e. The largest absolute Gasteiger partial charge is 0.460 e. The fourth-order valence-electron chi connectivity index (χ4n) is 8.86. The molecule has 6 rings (SSSR count). The molecule has 47 heavy (non-hydrogen) atoms. The van der Waals surface area contributed by atoms with Crippen molar-refractivity contribution in [1.29, 1.82) is 0 Å². The second-order valence-corrected chi connectivity index (χ2v) is 14.6. The molecule has 0 radical (unpaired) electrons. The zero-order chi connectivity index (χ0) is 32.9. The third kappa shape index (κ3) is 7.85. The lowest BCUT2D eigenvalue weighted by Crippen LogP contribution is -2.50. The van der Waals surface area contributed by atoms with Crippen LogP contribution in [0.3, 0.4) is 0 Å². The Bertz CT molecular complexity index is 1380. The number of nitrogens with zero attached hydrogens (tertiary/aromatic N) is 1. The number of benzene rings is 1.